The van der Waals surface area contributed by atoms with Gasteiger partial charge >= 0.3 is 0 Å². The van der Waals surface area contributed by atoms with Crippen LogP contribution >= 0.6 is 0 Å². The lowest BCUT2D eigenvalue weighted by atomic mass is 10.0. The van der Waals surface area contributed by atoms with Gasteiger partial charge in [0, 0.05) is 11.6 Å². The third-order valence-corrected chi connectivity index (χ3v) is 3.39. The second kappa shape index (κ2) is 7.51. The lowest BCUT2D eigenvalue weighted by Crippen LogP contribution is -2.31. The molecule has 2 atom stereocenters. The van der Waals surface area contributed by atoms with Gasteiger partial charge in [0.1, 0.15) is 12.4 Å². The summed E-state index contributed by atoms with van der Waals surface area (Å²) in [6.07, 6.45) is 1.79. The molecular weight excluding hydrogens is 238 g/mol. The van der Waals surface area contributed by atoms with E-state index in [4.69, 9.17) is 4.74 Å². The van der Waals surface area contributed by atoms with Gasteiger partial charge in [-0.25, -0.2) is 0 Å². The van der Waals surface area contributed by atoms with Crippen LogP contribution in [-0.2, 0) is 0 Å². The molecule has 0 aliphatic carbocycles. The summed E-state index contributed by atoms with van der Waals surface area (Å²) in [6.45, 7) is 9.36. The standard InChI is InChI=1S/C16H27NO2/c1-5-11-17-13(3)14-9-7-8-10-15(14)19-12-16(4,18)6-2/h7-10,13,17-18H,5-6,11-12H2,1-4H3. The second-order valence-electron chi connectivity index (χ2n) is 5.35. The molecule has 0 aromatic heterocycles. The maximum Gasteiger partial charge on any atom is 0.124 e. The number of rotatable bonds is 8. The van der Waals surface area contributed by atoms with Gasteiger partial charge in [-0.2, -0.15) is 0 Å². The number of para-hydroxylation sites is 1. The largest absolute Gasteiger partial charge is 0.490 e. The van der Waals surface area contributed by atoms with Crippen molar-refractivity contribution in [2.24, 2.45) is 0 Å². The van der Waals surface area contributed by atoms with E-state index in [0.29, 0.717) is 13.0 Å². The van der Waals surface area contributed by atoms with Crippen molar-refractivity contribution in [3.8, 4) is 5.75 Å². The van der Waals surface area contributed by atoms with Gasteiger partial charge in [-0.05, 0) is 39.3 Å². The van der Waals surface area contributed by atoms with Gasteiger partial charge in [-0.15, -0.1) is 0 Å². The number of hydrogen-bond acceptors (Lipinski definition) is 3. The second-order valence-corrected chi connectivity index (χ2v) is 5.35. The van der Waals surface area contributed by atoms with Crippen molar-refractivity contribution >= 4 is 0 Å². The Bertz CT molecular complexity index is 377. The molecule has 0 fully saturated rings. The summed E-state index contributed by atoms with van der Waals surface area (Å²) in [5.41, 5.74) is 0.371. The van der Waals surface area contributed by atoms with Crippen LogP contribution in [0.3, 0.4) is 0 Å². The minimum Gasteiger partial charge on any atom is -0.490 e. The lowest BCUT2D eigenvalue weighted by molar-refractivity contribution is 0.00805. The molecule has 19 heavy (non-hydrogen) atoms. The SMILES string of the molecule is CCCNC(C)c1ccccc1OCC(C)(O)CC. The monoisotopic (exact) mass is 265 g/mol. The summed E-state index contributed by atoms with van der Waals surface area (Å²) in [4.78, 5) is 0. The molecule has 0 spiro atoms. The summed E-state index contributed by atoms with van der Waals surface area (Å²) >= 11 is 0. The highest BCUT2D eigenvalue weighted by atomic mass is 16.5. The number of nitrogens with one attached hydrogen (secondary N) is 1. The molecule has 0 radical (unpaired) electrons. The summed E-state index contributed by atoms with van der Waals surface area (Å²) < 4.78 is 5.80. The summed E-state index contributed by atoms with van der Waals surface area (Å²) in [6, 6.07) is 8.27. The Balaban J connectivity index is 2.72. The molecule has 1 aromatic rings. The van der Waals surface area contributed by atoms with Crippen LogP contribution < -0.4 is 10.1 Å². The Labute approximate surface area is 117 Å². The van der Waals surface area contributed by atoms with Crippen molar-refractivity contribution in [1.82, 2.24) is 5.32 Å². The molecule has 0 amide bonds. The van der Waals surface area contributed by atoms with Crippen molar-refractivity contribution < 1.29 is 9.84 Å². The quantitative estimate of drug-likeness (QED) is 0.758. The zero-order valence-electron chi connectivity index (χ0n) is 12.6. The van der Waals surface area contributed by atoms with Crippen molar-refractivity contribution in [2.75, 3.05) is 13.2 Å². The Hall–Kier alpha value is -1.06. The topological polar surface area (TPSA) is 41.5 Å². The fourth-order valence-electron chi connectivity index (χ4n) is 1.78. The van der Waals surface area contributed by atoms with E-state index in [2.05, 4.69) is 25.2 Å². The molecule has 0 heterocycles. The van der Waals surface area contributed by atoms with Gasteiger partial charge in [0.2, 0.25) is 0 Å². The smallest absolute Gasteiger partial charge is 0.124 e. The van der Waals surface area contributed by atoms with Crippen molar-refractivity contribution in [1.29, 1.82) is 0 Å². The van der Waals surface area contributed by atoms with E-state index < -0.39 is 5.60 Å². The molecule has 0 aliphatic rings. The Morgan fingerprint density at radius 1 is 1.32 bits per heavy atom. The van der Waals surface area contributed by atoms with Crippen LogP contribution in [0.15, 0.2) is 24.3 Å². The molecule has 0 saturated heterocycles. The van der Waals surface area contributed by atoms with E-state index in [0.717, 1.165) is 24.3 Å². The van der Waals surface area contributed by atoms with E-state index in [1.807, 2.05) is 25.1 Å². The third kappa shape index (κ3) is 5.21. The van der Waals surface area contributed by atoms with Crippen LogP contribution in [0.4, 0.5) is 0 Å². The average Bonchev–Trinajstić information content (AvgIpc) is 2.43. The molecule has 108 valence electrons. The molecule has 0 saturated carbocycles. The highest BCUT2D eigenvalue weighted by molar-refractivity contribution is 5.35. The highest BCUT2D eigenvalue weighted by Crippen LogP contribution is 2.25. The maximum atomic E-state index is 10.0. The van der Waals surface area contributed by atoms with E-state index in [1.54, 1.807) is 6.92 Å². The molecule has 3 nitrogen and oxygen atoms in total. The van der Waals surface area contributed by atoms with E-state index in [-0.39, 0.29) is 6.04 Å². The first kappa shape index (κ1) is 16.0. The Kier molecular flexibility index (Phi) is 6.32. The Morgan fingerprint density at radius 3 is 2.63 bits per heavy atom. The molecule has 2 unspecified atom stereocenters. The highest BCUT2D eigenvalue weighted by Gasteiger charge is 2.19. The van der Waals surface area contributed by atoms with Gasteiger partial charge < -0.3 is 15.2 Å². The first-order chi connectivity index (χ1) is 9.00. The van der Waals surface area contributed by atoms with E-state index >= 15 is 0 Å². The number of benzene rings is 1. The third-order valence-electron chi connectivity index (χ3n) is 3.39. The van der Waals surface area contributed by atoms with Crippen molar-refractivity contribution in [2.45, 2.75) is 52.2 Å². The molecule has 0 aliphatic heterocycles. The summed E-state index contributed by atoms with van der Waals surface area (Å²) in [5, 5.41) is 13.5. The molecule has 1 aromatic carbocycles. The lowest BCUT2D eigenvalue weighted by Gasteiger charge is -2.24. The predicted octanol–water partition coefficient (Wildman–Crippen LogP) is 3.29. The van der Waals surface area contributed by atoms with Crippen molar-refractivity contribution in [3.05, 3.63) is 29.8 Å². The van der Waals surface area contributed by atoms with Crippen LogP contribution in [-0.4, -0.2) is 23.9 Å². The first-order valence-electron chi connectivity index (χ1n) is 7.17. The number of ether oxygens (including phenoxy) is 1. The number of hydrogen-bond donors (Lipinski definition) is 2. The van der Waals surface area contributed by atoms with E-state index in [9.17, 15) is 5.11 Å². The van der Waals surface area contributed by atoms with Crippen LogP contribution in [0.2, 0.25) is 0 Å². The van der Waals surface area contributed by atoms with E-state index in [1.165, 1.54) is 0 Å². The maximum absolute atomic E-state index is 10.0. The van der Waals surface area contributed by atoms with Crippen molar-refractivity contribution in [3.63, 3.8) is 0 Å². The minimum absolute atomic E-state index is 0.253. The summed E-state index contributed by atoms with van der Waals surface area (Å²) in [7, 11) is 0. The summed E-state index contributed by atoms with van der Waals surface area (Å²) in [5.74, 6) is 0.854. The van der Waals surface area contributed by atoms with Crippen LogP contribution in [0.25, 0.3) is 0 Å². The van der Waals surface area contributed by atoms with Gasteiger partial charge in [0.15, 0.2) is 0 Å². The Morgan fingerprint density at radius 2 is 2.00 bits per heavy atom. The number of aliphatic hydroxyl groups is 1. The molecule has 1 rings (SSSR count). The molecule has 0 bridgehead atoms. The minimum atomic E-state index is -0.771. The molecule has 2 N–H and O–H groups in total. The van der Waals surface area contributed by atoms with Gasteiger partial charge in [-0.1, -0.05) is 32.0 Å². The van der Waals surface area contributed by atoms with Gasteiger partial charge in [-0.3, -0.25) is 0 Å². The predicted molar refractivity (Wildman–Crippen MR) is 79.6 cm³/mol. The zero-order chi connectivity index (χ0) is 14.3. The molecular formula is C16H27NO2. The van der Waals surface area contributed by atoms with Gasteiger partial charge in [0.05, 0.1) is 5.60 Å². The fourth-order valence-corrected chi connectivity index (χ4v) is 1.78. The normalized spacial score (nSPS) is 15.8. The van der Waals surface area contributed by atoms with Gasteiger partial charge in [0.25, 0.3) is 0 Å². The fraction of sp³-hybridized carbons (Fsp3) is 0.625. The van der Waals surface area contributed by atoms with Crippen LogP contribution in [0.5, 0.6) is 5.75 Å². The zero-order valence-corrected chi connectivity index (χ0v) is 12.6. The average molecular weight is 265 g/mol. The first-order valence-corrected chi connectivity index (χ1v) is 7.17. The van der Waals surface area contributed by atoms with Crippen LogP contribution in [0, 0.1) is 0 Å². The van der Waals surface area contributed by atoms with Crippen LogP contribution in [0.1, 0.15) is 52.1 Å². The molecule has 3 heteroatoms.